The number of halogens is 1. The minimum Gasteiger partial charge on any atom is -0.393 e. The van der Waals surface area contributed by atoms with Gasteiger partial charge in [-0.3, -0.25) is 4.79 Å². The highest BCUT2D eigenvalue weighted by molar-refractivity contribution is 7.17. The molecule has 1 aliphatic carbocycles. The summed E-state index contributed by atoms with van der Waals surface area (Å²) >= 11 is 1.30. The maximum absolute atomic E-state index is 13.0. The van der Waals surface area contributed by atoms with E-state index >= 15 is 0 Å². The SMILES string of the molecule is Cc1nc(-c2ccc(F)cc2)sc1C(=O)NCC1CCCC1O. The van der Waals surface area contributed by atoms with E-state index in [2.05, 4.69) is 10.3 Å². The van der Waals surface area contributed by atoms with Gasteiger partial charge in [0.15, 0.2) is 0 Å². The molecule has 122 valence electrons. The molecule has 3 rings (SSSR count). The maximum atomic E-state index is 13.0. The first-order chi connectivity index (χ1) is 11.0. The summed E-state index contributed by atoms with van der Waals surface area (Å²) in [5.41, 5.74) is 1.46. The van der Waals surface area contributed by atoms with Crippen molar-refractivity contribution in [1.82, 2.24) is 10.3 Å². The van der Waals surface area contributed by atoms with Gasteiger partial charge in [0.25, 0.3) is 5.91 Å². The first kappa shape index (κ1) is 16.1. The number of aliphatic hydroxyl groups excluding tert-OH is 1. The van der Waals surface area contributed by atoms with E-state index < -0.39 is 0 Å². The molecule has 0 spiro atoms. The predicted octanol–water partition coefficient (Wildman–Crippen LogP) is 3.15. The molecule has 1 fully saturated rings. The second-order valence-corrected chi connectivity index (χ2v) is 6.91. The fraction of sp³-hybridized carbons (Fsp3) is 0.412. The van der Waals surface area contributed by atoms with E-state index in [1.807, 2.05) is 0 Å². The van der Waals surface area contributed by atoms with Gasteiger partial charge in [0.2, 0.25) is 0 Å². The number of benzene rings is 1. The summed E-state index contributed by atoms with van der Waals surface area (Å²) < 4.78 is 13.0. The molecule has 2 aromatic rings. The second-order valence-electron chi connectivity index (χ2n) is 5.91. The highest BCUT2D eigenvalue weighted by Gasteiger charge is 2.26. The van der Waals surface area contributed by atoms with Crippen LogP contribution in [0.5, 0.6) is 0 Å². The lowest BCUT2D eigenvalue weighted by atomic mass is 10.1. The zero-order valence-electron chi connectivity index (χ0n) is 12.9. The molecule has 1 aromatic heterocycles. The number of thiazole rings is 1. The van der Waals surface area contributed by atoms with Crippen molar-refractivity contribution in [2.75, 3.05) is 6.54 Å². The summed E-state index contributed by atoms with van der Waals surface area (Å²) in [6.07, 6.45) is 2.46. The van der Waals surface area contributed by atoms with E-state index in [1.165, 1.54) is 23.5 Å². The van der Waals surface area contributed by atoms with Crippen LogP contribution in [0.4, 0.5) is 4.39 Å². The summed E-state index contributed by atoms with van der Waals surface area (Å²) in [6.45, 7) is 2.28. The summed E-state index contributed by atoms with van der Waals surface area (Å²) in [5.74, 6) is -0.314. The Morgan fingerprint density at radius 1 is 1.39 bits per heavy atom. The van der Waals surface area contributed by atoms with Gasteiger partial charge >= 0.3 is 0 Å². The van der Waals surface area contributed by atoms with Crippen molar-refractivity contribution in [3.63, 3.8) is 0 Å². The first-order valence-electron chi connectivity index (χ1n) is 7.74. The zero-order valence-corrected chi connectivity index (χ0v) is 13.7. The van der Waals surface area contributed by atoms with Crippen LogP contribution in [0.25, 0.3) is 10.6 Å². The Hall–Kier alpha value is -1.79. The number of hydrogen-bond donors (Lipinski definition) is 2. The number of aromatic nitrogens is 1. The van der Waals surface area contributed by atoms with Gasteiger partial charge < -0.3 is 10.4 Å². The van der Waals surface area contributed by atoms with Gasteiger partial charge in [0, 0.05) is 18.0 Å². The van der Waals surface area contributed by atoms with E-state index in [9.17, 15) is 14.3 Å². The summed E-state index contributed by atoms with van der Waals surface area (Å²) in [7, 11) is 0. The van der Waals surface area contributed by atoms with E-state index in [-0.39, 0.29) is 23.7 Å². The van der Waals surface area contributed by atoms with E-state index in [0.29, 0.717) is 22.1 Å². The molecule has 2 unspecified atom stereocenters. The lowest BCUT2D eigenvalue weighted by Crippen LogP contribution is -2.32. The topological polar surface area (TPSA) is 62.2 Å². The zero-order chi connectivity index (χ0) is 16.4. The van der Waals surface area contributed by atoms with Crippen molar-refractivity contribution in [3.8, 4) is 10.6 Å². The minimum atomic E-state index is -0.312. The normalized spacial score (nSPS) is 20.7. The third kappa shape index (κ3) is 3.59. The highest BCUT2D eigenvalue weighted by Crippen LogP contribution is 2.28. The Morgan fingerprint density at radius 3 is 2.78 bits per heavy atom. The molecule has 1 aliphatic rings. The second kappa shape index (κ2) is 6.76. The van der Waals surface area contributed by atoms with Crippen LogP contribution in [0.2, 0.25) is 0 Å². The van der Waals surface area contributed by atoms with Crippen LogP contribution in [0, 0.1) is 18.7 Å². The van der Waals surface area contributed by atoms with Gasteiger partial charge in [-0.1, -0.05) is 6.42 Å². The monoisotopic (exact) mass is 334 g/mol. The average Bonchev–Trinajstić information content (AvgIpc) is 3.11. The smallest absolute Gasteiger partial charge is 0.263 e. The molecule has 1 saturated carbocycles. The molecule has 1 amide bonds. The van der Waals surface area contributed by atoms with Gasteiger partial charge in [-0.25, -0.2) is 9.37 Å². The number of rotatable bonds is 4. The standard InChI is InChI=1S/C17H19FN2O2S/c1-10-15(16(22)19-9-12-3-2-4-14(12)21)23-17(20-10)11-5-7-13(18)8-6-11/h5-8,12,14,21H,2-4,9H2,1H3,(H,19,22). The van der Waals surface area contributed by atoms with Crippen LogP contribution in [-0.4, -0.2) is 28.6 Å². The van der Waals surface area contributed by atoms with Gasteiger partial charge in [0.05, 0.1) is 11.8 Å². The lowest BCUT2D eigenvalue weighted by molar-refractivity contribution is 0.0920. The first-order valence-corrected chi connectivity index (χ1v) is 8.56. The largest absolute Gasteiger partial charge is 0.393 e. The van der Waals surface area contributed by atoms with Crippen LogP contribution in [0.3, 0.4) is 0 Å². The van der Waals surface area contributed by atoms with Gasteiger partial charge in [-0.05, 0) is 44.0 Å². The van der Waals surface area contributed by atoms with Crippen molar-refractivity contribution < 1.29 is 14.3 Å². The molecule has 0 bridgehead atoms. The number of amides is 1. The molecule has 2 N–H and O–H groups in total. The van der Waals surface area contributed by atoms with Crippen LogP contribution in [-0.2, 0) is 0 Å². The third-order valence-corrected chi connectivity index (χ3v) is 5.44. The number of hydrogen-bond acceptors (Lipinski definition) is 4. The van der Waals surface area contributed by atoms with Gasteiger partial charge in [-0.2, -0.15) is 0 Å². The third-order valence-electron chi connectivity index (χ3n) is 4.24. The molecular weight excluding hydrogens is 315 g/mol. The van der Waals surface area contributed by atoms with Crippen LogP contribution in [0.15, 0.2) is 24.3 Å². The molecule has 1 heterocycles. The number of aryl methyl sites for hydroxylation is 1. The molecule has 4 nitrogen and oxygen atoms in total. The number of nitrogens with one attached hydrogen (secondary N) is 1. The number of carbonyl (C=O) groups excluding carboxylic acids is 1. The molecule has 6 heteroatoms. The van der Waals surface area contributed by atoms with Crippen LogP contribution >= 0.6 is 11.3 Å². The molecule has 0 radical (unpaired) electrons. The summed E-state index contributed by atoms with van der Waals surface area (Å²) in [4.78, 5) is 17.3. The van der Waals surface area contributed by atoms with Crippen LogP contribution in [0.1, 0.15) is 34.6 Å². The van der Waals surface area contributed by atoms with Crippen molar-refractivity contribution in [3.05, 3.63) is 40.7 Å². The Morgan fingerprint density at radius 2 is 2.13 bits per heavy atom. The maximum Gasteiger partial charge on any atom is 0.263 e. The van der Waals surface area contributed by atoms with E-state index in [4.69, 9.17) is 0 Å². The fourth-order valence-electron chi connectivity index (χ4n) is 2.88. The fourth-order valence-corrected chi connectivity index (χ4v) is 3.87. The van der Waals surface area contributed by atoms with Crippen LogP contribution < -0.4 is 5.32 Å². The van der Waals surface area contributed by atoms with Gasteiger partial charge in [0.1, 0.15) is 15.7 Å². The Bertz CT molecular complexity index is 699. The quantitative estimate of drug-likeness (QED) is 0.903. The van der Waals surface area contributed by atoms with Crippen molar-refractivity contribution >= 4 is 17.2 Å². The van der Waals surface area contributed by atoms with E-state index in [1.54, 1.807) is 19.1 Å². The highest BCUT2D eigenvalue weighted by atomic mass is 32.1. The lowest BCUT2D eigenvalue weighted by Gasteiger charge is -2.14. The minimum absolute atomic E-state index is 0.142. The average molecular weight is 334 g/mol. The Labute approximate surface area is 138 Å². The predicted molar refractivity (Wildman–Crippen MR) is 87.9 cm³/mol. The molecule has 0 aliphatic heterocycles. The molecular formula is C17H19FN2O2S. The molecule has 1 aromatic carbocycles. The van der Waals surface area contributed by atoms with E-state index in [0.717, 1.165) is 24.8 Å². The molecule has 23 heavy (non-hydrogen) atoms. The molecule has 0 saturated heterocycles. The Kier molecular flexibility index (Phi) is 4.73. The Balaban J connectivity index is 1.70. The van der Waals surface area contributed by atoms with Crippen molar-refractivity contribution in [1.29, 1.82) is 0 Å². The number of aliphatic hydroxyl groups is 1. The number of nitrogens with zero attached hydrogens (tertiary/aromatic N) is 1. The summed E-state index contributed by atoms with van der Waals surface area (Å²) in [5, 5.41) is 13.4. The van der Waals surface area contributed by atoms with Crippen molar-refractivity contribution in [2.45, 2.75) is 32.3 Å². The van der Waals surface area contributed by atoms with Gasteiger partial charge in [-0.15, -0.1) is 11.3 Å². The molecule has 2 atom stereocenters. The summed E-state index contributed by atoms with van der Waals surface area (Å²) in [6, 6.07) is 6.08. The van der Waals surface area contributed by atoms with Crippen molar-refractivity contribution in [2.24, 2.45) is 5.92 Å². The number of carbonyl (C=O) groups is 1.